The monoisotopic (exact) mass is 370 g/mol. The summed E-state index contributed by atoms with van der Waals surface area (Å²) in [6, 6.07) is 0. The molecule has 0 aromatic carbocycles. The third kappa shape index (κ3) is 5.36. The van der Waals surface area contributed by atoms with Gasteiger partial charge >= 0.3 is 23.9 Å². The lowest BCUT2D eigenvalue weighted by Crippen LogP contribution is -2.37. The largest absolute Gasteiger partial charge is 0.465 e. The minimum Gasteiger partial charge on any atom is -0.465 e. The Morgan fingerprint density at radius 3 is 1.96 bits per heavy atom. The molecule has 1 aliphatic rings. The molecule has 0 saturated heterocycles. The van der Waals surface area contributed by atoms with Gasteiger partial charge in [-0.2, -0.15) is 0 Å². The van der Waals surface area contributed by atoms with E-state index in [4.69, 9.17) is 9.47 Å². The first-order valence-corrected chi connectivity index (χ1v) is 8.03. The molecule has 0 spiro atoms. The van der Waals surface area contributed by atoms with Crippen LogP contribution in [0.5, 0.6) is 0 Å². The van der Waals surface area contributed by atoms with Gasteiger partial charge < -0.3 is 18.9 Å². The second-order valence-electron chi connectivity index (χ2n) is 5.21. The molecule has 0 amide bonds. The Morgan fingerprint density at radius 1 is 0.962 bits per heavy atom. The highest BCUT2D eigenvalue weighted by Crippen LogP contribution is 2.25. The fraction of sp³-hybridized carbons (Fsp3) is 0.625. The molecule has 1 unspecified atom stereocenters. The van der Waals surface area contributed by atoms with E-state index in [9.17, 15) is 19.2 Å². The highest BCUT2D eigenvalue weighted by Gasteiger charge is 2.39. The Labute approximate surface area is 150 Å². The van der Waals surface area contributed by atoms with E-state index in [1.54, 1.807) is 13.8 Å². The van der Waals surface area contributed by atoms with Crippen molar-refractivity contribution in [1.82, 2.24) is 0 Å². The Morgan fingerprint density at radius 2 is 1.50 bits per heavy atom. The molecule has 0 saturated carbocycles. The molecule has 0 aromatic heterocycles. The maximum atomic E-state index is 12.1. The number of carbonyl (C=O) groups excluding carboxylic acids is 4. The number of hydrogen-bond donors (Lipinski definition) is 0. The summed E-state index contributed by atoms with van der Waals surface area (Å²) in [5, 5.41) is 7.39. The van der Waals surface area contributed by atoms with Crippen molar-refractivity contribution < 1.29 is 38.1 Å². The Bertz CT molecular complexity index is 608. The first-order valence-electron chi connectivity index (χ1n) is 8.03. The Kier molecular flexibility index (Phi) is 8.40. The number of nitrogens with zero attached hydrogens (tertiary/aromatic N) is 2. The molecule has 0 aromatic rings. The standard InChI is InChI=1S/C16H22N2O8/c1-5-25-13(19)10(14(20)26-6-2)7-9-8-11(15(21)23-3)17-18-12(9)16(22)24-4/h9-10H,5-8H2,1-4H3. The van der Waals surface area contributed by atoms with E-state index in [-0.39, 0.29) is 37.5 Å². The summed E-state index contributed by atoms with van der Waals surface area (Å²) in [4.78, 5) is 47.9. The van der Waals surface area contributed by atoms with Crippen LogP contribution in [-0.2, 0) is 38.1 Å². The van der Waals surface area contributed by atoms with E-state index in [2.05, 4.69) is 19.7 Å². The third-order valence-electron chi connectivity index (χ3n) is 3.58. The van der Waals surface area contributed by atoms with Crippen molar-refractivity contribution >= 4 is 35.3 Å². The van der Waals surface area contributed by atoms with Crippen molar-refractivity contribution in [2.75, 3.05) is 27.4 Å². The zero-order valence-corrected chi connectivity index (χ0v) is 15.1. The quantitative estimate of drug-likeness (QED) is 0.338. The SMILES string of the molecule is CCOC(=O)C(CC1CC(C(=O)OC)=NN=C1C(=O)OC)C(=O)OCC. The lowest BCUT2D eigenvalue weighted by atomic mass is 9.86. The van der Waals surface area contributed by atoms with Crippen LogP contribution in [0.1, 0.15) is 26.7 Å². The van der Waals surface area contributed by atoms with Crippen molar-refractivity contribution in [3.05, 3.63) is 0 Å². The molecular weight excluding hydrogens is 348 g/mol. The molecule has 26 heavy (non-hydrogen) atoms. The molecule has 1 atom stereocenters. The molecule has 1 aliphatic heterocycles. The van der Waals surface area contributed by atoms with Crippen molar-refractivity contribution in [2.24, 2.45) is 22.0 Å². The van der Waals surface area contributed by atoms with Gasteiger partial charge in [0, 0.05) is 12.3 Å². The normalized spacial score (nSPS) is 16.3. The van der Waals surface area contributed by atoms with Crippen LogP contribution in [0.2, 0.25) is 0 Å². The summed E-state index contributed by atoms with van der Waals surface area (Å²) < 4.78 is 19.1. The predicted octanol–water partition coefficient (Wildman–Crippen LogP) is 0.282. The summed E-state index contributed by atoms with van der Waals surface area (Å²) in [5.74, 6) is -5.09. The van der Waals surface area contributed by atoms with Gasteiger partial charge in [-0.1, -0.05) is 0 Å². The molecule has 0 aliphatic carbocycles. The molecule has 0 fully saturated rings. The van der Waals surface area contributed by atoms with Crippen LogP contribution < -0.4 is 0 Å². The van der Waals surface area contributed by atoms with E-state index in [1.807, 2.05) is 0 Å². The minimum absolute atomic E-state index is 0.0309. The van der Waals surface area contributed by atoms with Crippen LogP contribution in [0.3, 0.4) is 0 Å². The van der Waals surface area contributed by atoms with Gasteiger partial charge in [-0.3, -0.25) is 9.59 Å². The lowest BCUT2D eigenvalue weighted by molar-refractivity contribution is -0.162. The van der Waals surface area contributed by atoms with Crippen LogP contribution in [0.4, 0.5) is 0 Å². The predicted molar refractivity (Wildman–Crippen MR) is 88.4 cm³/mol. The first-order chi connectivity index (χ1) is 12.4. The van der Waals surface area contributed by atoms with Crippen LogP contribution in [0.25, 0.3) is 0 Å². The fourth-order valence-electron chi connectivity index (χ4n) is 2.37. The maximum Gasteiger partial charge on any atom is 0.354 e. The number of carbonyl (C=O) groups is 4. The molecule has 0 radical (unpaired) electrons. The summed E-state index contributed by atoms with van der Waals surface area (Å²) >= 11 is 0. The van der Waals surface area contributed by atoms with E-state index < -0.39 is 35.7 Å². The van der Waals surface area contributed by atoms with E-state index in [0.29, 0.717) is 0 Å². The van der Waals surface area contributed by atoms with Crippen LogP contribution in [0, 0.1) is 11.8 Å². The van der Waals surface area contributed by atoms with Gasteiger partial charge in [-0.05, 0) is 20.3 Å². The number of hydrogen-bond acceptors (Lipinski definition) is 10. The van der Waals surface area contributed by atoms with Gasteiger partial charge in [0.25, 0.3) is 0 Å². The van der Waals surface area contributed by atoms with Gasteiger partial charge in [-0.15, -0.1) is 10.2 Å². The van der Waals surface area contributed by atoms with Crippen molar-refractivity contribution in [3.63, 3.8) is 0 Å². The smallest absolute Gasteiger partial charge is 0.354 e. The molecular formula is C16H22N2O8. The van der Waals surface area contributed by atoms with Crippen LogP contribution >= 0.6 is 0 Å². The summed E-state index contributed by atoms with van der Waals surface area (Å²) in [6.07, 6.45) is -0.197. The topological polar surface area (TPSA) is 130 Å². The molecule has 1 rings (SSSR count). The first kappa shape index (κ1) is 21.3. The minimum atomic E-state index is -1.27. The average molecular weight is 370 g/mol. The molecule has 1 heterocycles. The number of methoxy groups -OCH3 is 2. The zero-order chi connectivity index (χ0) is 19.7. The Hall–Kier alpha value is -2.78. The maximum absolute atomic E-state index is 12.1. The number of rotatable bonds is 8. The Balaban J connectivity index is 3.12. The second-order valence-corrected chi connectivity index (χ2v) is 5.21. The molecule has 0 N–H and O–H groups in total. The summed E-state index contributed by atoms with van der Waals surface area (Å²) in [6.45, 7) is 3.35. The third-order valence-corrected chi connectivity index (χ3v) is 3.58. The number of esters is 4. The lowest BCUT2D eigenvalue weighted by Gasteiger charge is -2.23. The highest BCUT2D eigenvalue weighted by molar-refractivity contribution is 6.42. The van der Waals surface area contributed by atoms with E-state index in [0.717, 1.165) is 7.11 Å². The van der Waals surface area contributed by atoms with Crippen LogP contribution in [-0.4, -0.2) is 62.7 Å². The van der Waals surface area contributed by atoms with E-state index >= 15 is 0 Å². The fourth-order valence-corrected chi connectivity index (χ4v) is 2.37. The van der Waals surface area contributed by atoms with Gasteiger partial charge in [0.2, 0.25) is 0 Å². The molecule has 10 nitrogen and oxygen atoms in total. The van der Waals surface area contributed by atoms with Gasteiger partial charge in [0.1, 0.15) is 5.71 Å². The molecule has 10 heteroatoms. The number of ether oxygens (including phenoxy) is 4. The van der Waals surface area contributed by atoms with E-state index in [1.165, 1.54) is 7.11 Å². The highest BCUT2D eigenvalue weighted by atomic mass is 16.6. The average Bonchev–Trinajstić information content (AvgIpc) is 2.64. The molecule has 144 valence electrons. The van der Waals surface area contributed by atoms with Gasteiger partial charge in [-0.25, -0.2) is 9.59 Å². The zero-order valence-electron chi connectivity index (χ0n) is 15.1. The van der Waals surface area contributed by atoms with Crippen molar-refractivity contribution in [1.29, 1.82) is 0 Å². The molecule has 0 bridgehead atoms. The van der Waals surface area contributed by atoms with Crippen molar-refractivity contribution in [2.45, 2.75) is 26.7 Å². The van der Waals surface area contributed by atoms with Crippen molar-refractivity contribution in [3.8, 4) is 0 Å². The van der Waals surface area contributed by atoms with Gasteiger partial charge in [0.15, 0.2) is 11.6 Å². The summed E-state index contributed by atoms with van der Waals surface area (Å²) in [7, 11) is 2.34. The second kappa shape index (κ2) is 10.3. The van der Waals surface area contributed by atoms with Crippen LogP contribution in [0.15, 0.2) is 10.2 Å². The van der Waals surface area contributed by atoms with Gasteiger partial charge in [0.05, 0.1) is 27.4 Å². The summed E-state index contributed by atoms with van der Waals surface area (Å²) in [5.41, 5.74) is -0.129.